The van der Waals surface area contributed by atoms with Gasteiger partial charge in [-0.25, -0.2) is 0 Å². The Labute approximate surface area is 161 Å². The normalized spacial score (nSPS) is 15.9. The first kappa shape index (κ1) is 18.7. The third-order valence-electron chi connectivity index (χ3n) is 4.49. The first-order valence-electron chi connectivity index (χ1n) is 8.51. The zero-order valence-electron chi connectivity index (χ0n) is 14.7. The number of nitrogens with zero attached hydrogens (tertiary/aromatic N) is 4. The Bertz CT molecular complexity index is 840. The maximum Gasteiger partial charge on any atom is 0.231 e. The molecule has 0 radical (unpaired) electrons. The molecule has 1 saturated carbocycles. The average molecular weight is 390 g/mol. The third kappa shape index (κ3) is 4.02. The number of hydrogen-bond donors (Lipinski definition) is 1. The fourth-order valence-electron chi connectivity index (χ4n) is 2.83. The van der Waals surface area contributed by atoms with Crippen LogP contribution in [0.5, 0.6) is 0 Å². The molecule has 8 heteroatoms. The number of benzene rings is 1. The van der Waals surface area contributed by atoms with Gasteiger partial charge in [-0.15, -0.1) is 10.2 Å². The first-order valence-corrected chi connectivity index (χ1v) is 9.87. The second kappa shape index (κ2) is 7.68. The van der Waals surface area contributed by atoms with E-state index in [-0.39, 0.29) is 17.6 Å². The molecule has 1 atom stereocenters. The number of halogens is 1. The molecule has 1 aromatic carbocycles. The Hall–Kier alpha value is -2.04. The van der Waals surface area contributed by atoms with E-state index in [2.05, 4.69) is 21.6 Å². The summed E-state index contributed by atoms with van der Waals surface area (Å²) in [5.41, 5.74) is 0.149. The van der Waals surface area contributed by atoms with Crippen LogP contribution in [0.2, 0.25) is 5.02 Å². The second-order valence-electron chi connectivity index (χ2n) is 6.48. The van der Waals surface area contributed by atoms with Crippen molar-refractivity contribution in [1.82, 2.24) is 20.1 Å². The number of aromatic nitrogens is 3. The van der Waals surface area contributed by atoms with Gasteiger partial charge in [-0.2, -0.15) is 5.26 Å². The first-order chi connectivity index (χ1) is 12.5. The molecular formula is C18H20ClN5OS. The molecule has 136 valence electrons. The van der Waals surface area contributed by atoms with Crippen LogP contribution in [-0.4, -0.2) is 32.0 Å². The Morgan fingerprint density at radius 2 is 2.12 bits per heavy atom. The molecule has 0 unspecified atom stereocenters. The van der Waals surface area contributed by atoms with Crippen molar-refractivity contribution in [3.05, 3.63) is 29.3 Å². The Balaban J connectivity index is 1.68. The van der Waals surface area contributed by atoms with Gasteiger partial charge < -0.3 is 9.88 Å². The van der Waals surface area contributed by atoms with Crippen molar-refractivity contribution in [3.8, 4) is 17.5 Å². The molecule has 1 fully saturated rings. The number of nitrogens with one attached hydrogen (secondary N) is 1. The minimum absolute atomic E-state index is 0.162. The quantitative estimate of drug-likeness (QED) is 0.732. The van der Waals surface area contributed by atoms with E-state index in [0.717, 1.165) is 24.2 Å². The van der Waals surface area contributed by atoms with Crippen molar-refractivity contribution in [2.45, 2.75) is 43.9 Å². The number of rotatable bonds is 7. The Morgan fingerprint density at radius 3 is 2.69 bits per heavy atom. The van der Waals surface area contributed by atoms with Gasteiger partial charge in [0.15, 0.2) is 11.0 Å². The van der Waals surface area contributed by atoms with Gasteiger partial charge in [-0.3, -0.25) is 4.79 Å². The zero-order chi connectivity index (χ0) is 18.7. The van der Waals surface area contributed by atoms with Crippen LogP contribution in [-0.2, 0) is 11.3 Å². The highest BCUT2D eigenvalue weighted by Crippen LogP contribution is 2.39. The molecule has 3 rings (SSSR count). The van der Waals surface area contributed by atoms with E-state index in [1.54, 1.807) is 6.92 Å². The van der Waals surface area contributed by atoms with Crippen molar-refractivity contribution in [2.24, 2.45) is 5.92 Å². The highest BCUT2D eigenvalue weighted by Gasteiger charge is 2.42. The fourth-order valence-corrected chi connectivity index (χ4v) is 3.76. The van der Waals surface area contributed by atoms with Crippen LogP contribution in [0.15, 0.2) is 29.4 Å². The van der Waals surface area contributed by atoms with E-state index in [4.69, 9.17) is 11.6 Å². The summed E-state index contributed by atoms with van der Waals surface area (Å²) in [5.74, 6) is 1.04. The van der Waals surface area contributed by atoms with E-state index < -0.39 is 5.54 Å². The van der Waals surface area contributed by atoms with Crippen LogP contribution >= 0.6 is 23.4 Å². The van der Waals surface area contributed by atoms with Crippen LogP contribution in [0.25, 0.3) is 11.4 Å². The molecule has 1 N–H and O–H groups in total. The minimum atomic E-state index is -0.773. The van der Waals surface area contributed by atoms with Crippen molar-refractivity contribution >= 4 is 29.3 Å². The van der Waals surface area contributed by atoms with Crippen LogP contribution in [0.4, 0.5) is 0 Å². The predicted octanol–water partition coefficient (Wildman–Crippen LogP) is 3.52. The van der Waals surface area contributed by atoms with E-state index in [0.29, 0.717) is 16.7 Å². The average Bonchev–Trinajstić information content (AvgIpc) is 3.42. The van der Waals surface area contributed by atoms with Gasteiger partial charge in [0.05, 0.1) is 11.8 Å². The Morgan fingerprint density at radius 1 is 1.42 bits per heavy atom. The van der Waals surface area contributed by atoms with Gasteiger partial charge in [-0.1, -0.05) is 23.4 Å². The standard InChI is InChI=1S/C18H20ClN5OS/c1-3-24-16(12-4-8-14(19)9-5-12)22-23-17(24)26-10-15(25)21-18(2,11-20)13-6-7-13/h4-5,8-9,13H,3,6-7,10H2,1-2H3,(H,21,25)/t18-/m1/s1. The molecule has 1 aliphatic carbocycles. The number of carbonyl (C=O) groups excluding carboxylic acids is 1. The van der Waals surface area contributed by atoms with Crippen molar-refractivity contribution in [3.63, 3.8) is 0 Å². The van der Waals surface area contributed by atoms with Crippen molar-refractivity contribution in [2.75, 3.05) is 5.75 Å². The van der Waals surface area contributed by atoms with E-state index in [1.807, 2.05) is 35.8 Å². The SMILES string of the molecule is CCn1c(SCC(=O)N[C@](C)(C#N)C2CC2)nnc1-c1ccc(Cl)cc1. The number of carbonyl (C=O) groups is 1. The fraction of sp³-hybridized carbons (Fsp3) is 0.444. The molecule has 0 bridgehead atoms. The van der Waals surface area contributed by atoms with Crippen LogP contribution in [0.1, 0.15) is 26.7 Å². The van der Waals surface area contributed by atoms with E-state index in [1.165, 1.54) is 11.8 Å². The molecule has 1 amide bonds. The van der Waals surface area contributed by atoms with Gasteiger partial charge in [0.1, 0.15) is 5.54 Å². The van der Waals surface area contributed by atoms with Gasteiger partial charge >= 0.3 is 0 Å². The Kier molecular flexibility index (Phi) is 5.54. The lowest BCUT2D eigenvalue weighted by Crippen LogP contribution is -2.47. The summed E-state index contributed by atoms with van der Waals surface area (Å²) in [5, 5.41) is 22.0. The molecule has 0 saturated heterocycles. The highest BCUT2D eigenvalue weighted by atomic mass is 35.5. The lowest BCUT2D eigenvalue weighted by Gasteiger charge is -2.22. The highest BCUT2D eigenvalue weighted by molar-refractivity contribution is 7.99. The molecule has 2 aromatic rings. The monoisotopic (exact) mass is 389 g/mol. The maximum atomic E-state index is 12.3. The summed E-state index contributed by atoms with van der Waals surface area (Å²) in [6, 6.07) is 9.65. The van der Waals surface area contributed by atoms with Crippen molar-refractivity contribution in [1.29, 1.82) is 5.26 Å². The zero-order valence-corrected chi connectivity index (χ0v) is 16.3. The largest absolute Gasteiger partial charge is 0.337 e. The summed E-state index contributed by atoms with van der Waals surface area (Å²) in [4.78, 5) is 12.3. The maximum absolute atomic E-state index is 12.3. The minimum Gasteiger partial charge on any atom is -0.337 e. The number of nitriles is 1. The third-order valence-corrected chi connectivity index (χ3v) is 5.71. The molecule has 26 heavy (non-hydrogen) atoms. The van der Waals surface area contributed by atoms with Gasteiger partial charge in [-0.05, 0) is 56.9 Å². The lowest BCUT2D eigenvalue weighted by atomic mass is 9.98. The molecule has 1 aromatic heterocycles. The molecule has 1 aliphatic rings. The van der Waals surface area contributed by atoms with Crippen molar-refractivity contribution < 1.29 is 4.79 Å². The number of hydrogen-bond acceptors (Lipinski definition) is 5. The molecule has 0 aliphatic heterocycles. The number of thioether (sulfide) groups is 1. The molecule has 6 nitrogen and oxygen atoms in total. The van der Waals surface area contributed by atoms with E-state index in [9.17, 15) is 10.1 Å². The molecule has 0 spiro atoms. The van der Waals surface area contributed by atoms with Crippen LogP contribution < -0.4 is 5.32 Å². The van der Waals surface area contributed by atoms with Crippen LogP contribution in [0, 0.1) is 17.2 Å². The van der Waals surface area contributed by atoms with Gasteiger partial charge in [0.25, 0.3) is 0 Å². The van der Waals surface area contributed by atoms with Gasteiger partial charge in [0.2, 0.25) is 5.91 Å². The smallest absolute Gasteiger partial charge is 0.231 e. The summed E-state index contributed by atoms with van der Waals surface area (Å²) >= 11 is 7.26. The number of amides is 1. The van der Waals surface area contributed by atoms with Crippen LogP contribution in [0.3, 0.4) is 0 Å². The predicted molar refractivity (Wildman–Crippen MR) is 102 cm³/mol. The summed E-state index contributed by atoms with van der Waals surface area (Å²) < 4.78 is 1.96. The molecular weight excluding hydrogens is 370 g/mol. The topological polar surface area (TPSA) is 83.6 Å². The lowest BCUT2D eigenvalue weighted by molar-refractivity contribution is -0.119. The van der Waals surface area contributed by atoms with E-state index >= 15 is 0 Å². The second-order valence-corrected chi connectivity index (χ2v) is 7.86. The summed E-state index contributed by atoms with van der Waals surface area (Å²) in [6.45, 7) is 4.49. The molecule has 1 heterocycles. The summed E-state index contributed by atoms with van der Waals surface area (Å²) in [6.07, 6.45) is 1.98. The van der Waals surface area contributed by atoms with Gasteiger partial charge in [0, 0.05) is 17.1 Å². The summed E-state index contributed by atoms with van der Waals surface area (Å²) in [7, 11) is 0.